The SMILES string of the molecule is COc1cc2nc(N(C)C)c(CN(CCN(C)C)C(=O)CC3CCCC3)cc2c(OC)c1OC. The number of hydrogen-bond donors (Lipinski definition) is 0. The van der Waals surface area contributed by atoms with Crippen LogP contribution in [-0.4, -0.2) is 83.3 Å². The van der Waals surface area contributed by atoms with Crippen molar-refractivity contribution in [3.05, 3.63) is 17.7 Å². The van der Waals surface area contributed by atoms with Crippen molar-refractivity contribution in [1.82, 2.24) is 14.8 Å². The quantitative estimate of drug-likeness (QED) is 0.493. The van der Waals surface area contributed by atoms with E-state index in [1.165, 1.54) is 12.8 Å². The van der Waals surface area contributed by atoms with Crippen LogP contribution in [0.3, 0.4) is 0 Å². The van der Waals surface area contributed by atoms with Gasteiger partial charge in [0.1, 0.15) is 5.82 Å². The Labute approximate surface area is 203 Å². The van der Waals surface area contributed by atoms with Gasteiger partial charge in [-0.15, -0.1) is 0 Å². The van der Waals surface area contributed by atoms with E-state index < -0.39 is 0 Å². The number of pyridine rings is 1. The summed E-state index contributed by atoms with van der Waals surface area (Å²) in [6, 6.07) is 3.94. The fraction of sp³-hybridized carbons (Fsp3) is 0.615. The van der Waals surface area contributed by atoms with Gasteiger partial charge in [-0.05, 0) is 38.9 Å². The highest BCUT2D eigenvalue weighted by atomic mass is 16.5. The Morgan fingerprint density at radius 1 is 0.971 bits per heavy atom. The maximum atomic E-state index is 13.4. The van der Waals surface area contributed by atoms with Crippen molar-refractivity contribution in [2.24, 2.45) is 5.92 Å². The largest absolute Gasteiger partial charge is 0.493 e. The van der Waals surface area contributed by atoms with Crippen LogP contribution in [0.25, 0.3) is 10.9 Å². The molecule has 1 aliphatic carbocycles. The molecular formula is C26H40N4O4. The van der Waals surface area contributed by atoms with Crippen molar-refractivity contribution in [1.29, 1.82) is 0 Å². The zero-order valence-corrected chi connectivity index (χ0v) is 21.8. The van der Waals surface area contributed by atoms with E-state index in [-0.39, 0.29) is 5.91 Å². The van der Waals surface area contributed by atoms with Crippen LogP contribution in [0.1, 0.15) is 37.7 Å². The van der Waals surface area contributed by atoms with Gasteiger partial charge in [-0.2, -0.15) is 0 Å². The average Bonchev–Trinajstić information content (AvgIpc) is 3.32. The van der Waals surface area contributed by atoms with Gasteiger partial charge < -0.3 is 28.9 Å². The van der Waals surface area contributed by atoms with Crippen molar-refractivity contribution < 1.29 is 19.0 Å². The molecule has 0 radical (unpaired) electrons. The molecule has 2 aromatic rings. The summed E-state index contributed by atoms with van der Waals surface area (Å²) in [5, 5.41) is 0.830. The molecule has 1 aromatic heterocycles. The number of rotatable bonds is 11. The lowest BCUT2D eigenvalue weighted by molar-refractivity contribution is -0.133. The number of aromatic nitrogens is 1. The van der Waals surface area contributed by atoms with Crippen LogP contribution in [0.2, 0.25) is 0 Å². The molecular weight excluding hydrogens is 432 g/mol. The van der Waals surface area contributed by atoms with Crippen LogP contribution in [0, 0.1) is 5.92 Å². The van der Waals surface area contributed by atoms with Crippen molar-refractivity contribution in [2.45, 2.75) is 38.6 Å². The molecule has 1 heterocycles. The van der Waals surface area contributed by atoms with Gasteiger partial charge in [0, 0.05) is 57.2 Å². The van der Waals surface area contributed by atoms with Gasteiger partial charge in [0.25, 0.3) is 0 Å². The second-order valence-electron chi connectivity index (χ2n) is 9.55. The van der Waals surface area contributed by atoms with Crippen LogP contribution in [0.4, 0.5) is 5.82 Å². The minimum Gasteiger partial charge on any atom is -0.493 e. The Morgan fingerprint density at radius 3 is 2.21 bits per heavy atom. The highest BCUT2D eigenvalue weighted by molar-refractivity contribution is 5.92. The van der Waals surface area contributed by atoms with E-state index >= 15 is 0 Å². The van der Waals surface area contributed by atoms with Crippen LogP contribution in [0.5, 0.6) is 17.2 Å². The molecule has 8 heteroatoms. The lowest BCUT2D eigenvalue weighted by atomic mass is 10.0. The third kappa shape index (κ3) is 5.84. The summed E-state index contributed by atoms with van der Waals surface area (Å²) in [5.74, 6) is 3.23. The Bertz CT molecular complexity index is 987. The van der Waals surface area contributed by atoms with Gasteiger partial charge in [0.05, 0.1) is 26.8 Å². The number of anilines is 1. The second-order valence-corrected chi connectivity index (χ2v) is 9.55. The maximum absolute atomic E-state index is 13.4. The number of carbonyl (C=O) groups is 1. The number of hydrogen-bond acceptors (Lipinski definition) is 7. The van der Waals surface area contributed by atoms with Gasteiger partial charge >= 0.3 is 0 Å². The molecule has 0 atom stereocenters. The van der Waals surface area contributed by atoms with Crippen molar-refractivity contribution in [3.63, 3.8) is 0 Å². The normalized spacial score (nSPS) is 14.0. The molecule has 0 aliphatic heterocycles. The average molecular weight is 473 g/mol. The van der Waals surface area contributed by atoms with E-state index in [9.17, 15) is 4.79 Å². The van der Waals surface area contributed by atoms with Crippen LogP contribution < -0.4 is 19.1 Å². The highest BCUT2D eigenvalue weighted by Gasteiger charge is 2.25. The highest BCUT2D eigenvalue weighted by Crippen LogP contribution is 2.44. The minimum absolute atomic E-state index is 0.220. The fourth-order valence-electron chi connectivity index (χ4n) is 4.73. The molecule has 0 saturated heterocycles. The molecule has 1 amide bonds. The Balaban J connectivity index is 2.04. The topological polar surface area (TPSA) is 67.4 Å². The second kappa shape index (κ2) is 11.6. The van der Waals surface area contributed by atoms with E-state index in [1.807, 2.05) is 44.1 Å². The van der Waals surface area contributed by atoms with E-state index in [0.717, 1.165) is 41.7 Å². The third-order valence-corrected chi connectivity index (χ3v) is 6.57. The first-order chi connectivity index (χ1) is 16.3. The Morgan fingerprint density at radius 2 is 1.65 bits per heavy atom. The predicted molar refractivity (Wildman–Crippen MR) is 136 cm³/mol. The molecule has 1 saturated carbocycles. The molecule has 1 fully saturated rings. The standard InChI is InChI=1S/C26H40N4O4/c1-28(2)12-13-30(23(31)14-18-10-8-9-11-18)17-19-15-20-21(27-26(19)29(3)4)16-22(32-5)25(34-7)24(20)33-6/h15-16,18H,8-14,17H2,1-7H3. The van der Waals surface area contributed by atoms with E-state index in [4.69, 9.17) is 19.2 Å². The summed E-state index contributed by atoms with van der Waals surface area (Å²) < 4.78 is 16.8. The molecule has 0 bridgehead atoms. The van der Waals surface area contributed by atoms with Gasteiger partial charge in [-0.25, -0.2) is 4.98 Å². The zero-order valence-electron chi connectivity index (χ0n) is 21.8. The van der Waals surface area contributed by atoms with Crippen molar-refractivity contribution in [2.75, 3.05) is 67.5 Å². The summed E-state index contributed by atoms with van der Waals surface area (Å²) in [6.45, 7) is 1.98. The molecule has 3 rings (SSSR count). The number of ether oxygens (including phenoxy) is 3. The van der Waals surface area contributed by atoms with Gasteiger partial charge in [0.15, 0.2) is 11.5 Å². The molecule has 1 aromatic carbocycles. The summed E-state index contributed by atoms with van der Waals surface area (Å²) in [7, 11) is 12.8. The van der Waals surface area contributed by atoms with Crippen molar-refractivity contribution in [3.8, 4) is 17.2 Å². The first-order valence-electron chi connectivity index (χ1n) is 12.0. The smallest absolute Gasteiger partial charge is 0.223 e. The van der Waals surface area contributed by atoms with Crippen LogP contribution in [0.15, 0.2) is 12.1 Å². The number of likely N-dealkylation sites (N-methyl/N-ethyl adjacent to an activating group) is 1. The first kappa shape index (κ1) is 25.9. The third-order valence-electron chi connectivity index (χ3n) is 6.57. The molecule has 0 spiro atoms. The molecule has 34 heavy (non-hydrogen) atoms. The lowest BCUT2D eigenvalue weighted by Gasteiger charge is -2.28. The van der Waals surface area contributed by atoms with E-state index in [1.54, 1.807) is 21.3 Å². The van der Waals surface area contributed by atoms with Crippen LogP contribution >= 0.6 is 0 Å². The minimum atomic E-state index is 0.220. The summed E-state index contributed by atoms with van der Waals surface area (Å²) in [5.41, 5.74) is 1.72. The predicted octanol–water partition coefficient (Wildman–Crippen LogP) is 3.80. The summed E-state index contributed by atoms with van der Waals surface area (Å²) in [6.07, 6.45) is 5.42. The molecule has 8 nitrogen and oxygen atoms in total. The summed E-state index contributed by atoms with van der Waals surface area (Å²) in [4.78, 5) is 24.4. The van der Waals surface area contributed by atoms with Crippen molar-refractivity contribution >= 4 is 22.6 Å². The Kier molecular flexibility index (Phi) is 8.83. The van der Waals surface area contributed by atoms with Gasteiger partial charge in [-0.3, -0.25) is 4.79 Å². The monoisotopic (exact) mass is 472 g/mol. The van der Waals surface area contributed by atoms with Crippen LogP contribution in [-0.2, 0) is 11.3 Å². The fourth-order valence-corrected chi connectivity index (χ4v) is 4.73. The summed E-state index contributed by atoms with van der Waals surface area (Å²) >= 11 is 0. The number of fused-ring (bicyclic) bond motifs is 1. The lowest BCUT2D eigenvalue weighted by Crippen LogP contribution is -2.37. The Hall–Kier alpha value is -2.74. The number of nitrogens with zero attached hydrogens (tertiary/aromatic N) is 4. The van der Waals surface area contributed by atoms with Gasteiger partial charge in [-0.1, -0.05) is 12.8 Å². The molecule has 1 aliphatic rings. The van der Waals surface area contributed by atoms with E-state index in [2.05, 4.69) is 11.0 Å². The first-order valence-corrected chi connectivity index (χ1v) is 12.0. The van der Waals surface area contributed by atoms with Gasteiger partial charge in [0.2, 0.25) is 11.7 Å². The molecule has 188 valence electrons. The number of carbonyl (C=O) groups excluding carboxylic acids is 1. The maximum Gasteiger partial charge on any atom is 0.223 e. The molecule has 0 unspecified atom stereocenters. The number of methoxy groups -OCH3 is 3. The number of amides is 1. The number of benzene rings is 1. The van der Waals surface area contributed by atoms with E-state index in [0.29, 0.717) is 42.7 Å². The zero-order chi connectivity index (χ0) is 24.8. The molecule has 0 N–H and O–H groups in total.